The third-order valence-electron chi connectivity index (χ3n) is 3.86. The average molecular weight is 241 g/mol. The molecule has 1 aliphatic rings. The van der Waals surface area contributed by atoms with Crippen LogP contribution >= 0.6 is 0 Å². The summed E-state index contributed by atoms with van der Waals surface area (Å²) >= 11 is 0. The summed E-state index contributed by atoms with van der Waals surface area (Å²) in [6.07, 6.45) is 5.32. The molecule has 102 valence electrons. The van der Waals surface area contributed by atoms with Crippen molar-refractivity contribution in [2.45, 2.75) is 32.6 Å². The summed E-state index contributed by atoms with van der Waals surface area (Å²) in [4.78, 5) is 4.80. The van der Waals surface area contributed by atoms with E-state index in [1.54, 1.807) is 0 Å². The predicted octanol–water partition coefficient (Wildman–Crippen LogP) is 1.65. The normalized spacial score (nSPS) is 25.1. The lowest BCUT2D eigenvalue weighted by Gasteiger charge is -2.33. The van der Waals surface area contributed by atoms with Crippen molar-refractivity contribution in [3.63, 3.8) is 0 Å². The lowest BCUT2D eigenvalue weighted by molar-refractivity contribution is 0.173. The number of nitrogens with one attached hydrogen (secondary N) is 1. The van der Waals surface area contributed by atoms with Crippen LogP contribution in [-0.2, 0) is 0 Å². The largest absolute Gasteiger partial charge is 0.316 e. The molecule has 1 rings (SSSR count). The van der Waals surface area contributed by atoms with E-state index in [0.29, 0.717) is 5.41 Å². The Labute approximate surface area is 108 Å². The molecule has 3 heteroatoms. The zero-order valence-corrected chi connectivity index (χ0v) is 12.3. The lowest BCUT2D eigenvalue weighted by Crippen LogP contribution is -2.38. The van der Waals surface area contributed by atoms with E-state index in [0.717, 1.165) is 0 Å². The van der Waals surface area contributed by atoms with Crippen molar-refractivity contribution < 1.29 is 0 Å². The van der Waals surface area contributed by atoms with Crippen molar-refractivity contribution in [3.8, 4) is 0 Å². The Morgan fingerprint density at radius 1 is 1.18 bits per heavy atom. The van der Waals surface area contributed by atoms with E-state index in [1.807, 2.05) is 0 Å². The van der Waals surface area contributed by atoms with Gasteiger partial charge in [0.05, 0.1) is 0 Å². The van der Waals surface area contributed by atoms with Crippen molar-refractivity contribution >= 4 is 0 Å². The maximum absolute atomic E-state index is 3.54. The predicted molar refractivity (Wildman–Crippen MR) is 75.5 cm³/mol. The number of hydrogen-bond donors (Lipinski definition) is 1. The van der Waals surface area contributed by atoms with Crippen LogP contribution in [-0.4, -0.2) is 63.7 Å². The number of rotatable bonds is 8. The zero-order valence-electron chi connectivity index (χ0n) is 12.3. The van der Waals surface area contributed by atoms with E-state index in [1.165, 1.54) is 58.4 Å². The molecule has 0 radical (unpaired) electrons. The molecule has 0 aromatic heterocycles. The quantitative estimate of drug-likeness (QED) is 0.697. The molecular formula is C14H31N3. The fourth-order valence-corrected chi connectivity index (χ4v) is 3.06. The van der Waals surface area contributed by atoms with Gasteiger partial charge in [0.15, 0.2) is 0 Å². The third-order valence-corrected chi connectivity index (χ3v) is 3.86. The van der Waals surface area contributed by atoms with Gasteiger partial charge in [-0.25, -0.2) is 0 Å². The van der Waals surface area contributed by atoms with E-state index >= 15 is 0 Å². The summed E-state index contributed by atoms with van der Waals surface area (Å²) in [6.45, 7) is 8.44. The van der Waals surface area contributed by atoms with Crippen molar-refractivity contribution in [1.29, 1.82) is 0 Å². The molecule has 17 heavy (non-hydrogen) atoms. The topological polar surface area (TPSA) is 18.5 Å². The van der Waals surface area contributed by atoms with Gasteiger partial charge in [0.25, 0.3) is 0 Å². The van der Waals surface area contributed by atoms with Crippen LogP contribution in [0.3, 0.4) is 0 Å². The second-order valence-electron chi connectivity index (χ2n) is 6.07. The molecule has 1 N–H and O–H groups in total. The van der Waals surface area contributed by atoms with Gasteiger partial charge in [0.1, 0.15) is 0 Å². The molecule has 1 heterocycles. The molecule has 0 aromatic rings. The molecule has 1 aliphatic heterocycles. The van der Waals surface area contributed by atoms with Gasteiger partial charge in [0, 0.05) is 13.1 Å². The van der Waals surface area contributed by atoms with E-state index in [2.05, 4.69) is 43.2 Å². The highest BCUT2D eigenvalue weighted by atomic mass is 15.1. The highest BCUT2D eigenvalue weighted by Gasteiger charge is 2.33. The van der Waals surface area contributed by atoms with E-state index < -0.39 is 0 Å². The molecule has 1 fully saturated rings. The van der Waals surface area contributed by atoms with Crippen LogP contribution in [0, 0.1) is 5.41 Å². The average Bonchev–Trinajstić information content (AvgIpc) is 2.66. The van der Waals surface area contributed by atoms with Gasteiger partial charge in [-0.05, 0) is 65.5 Å². The van der Waals surface area contributed by atoms with Crippen LogP contribution in [0.15, 0.2) is 0 Å². The Kier molecular flexibility index (Phi) is 6.45. The number of hydrogen-bond acceptors (Lipinski definition) is 3. The Balaban J connectivity index is 2.29. The Morgan fingerprint density at radius 3 is 2.47 bits per heavy atom. The maximum atomic E-state index is 3.54. The van der Waals surface area contributed by atoms with E-state index in [-0.39, 0.29) is 0 Å². The SMILES string of the molecule is CCCC1(CN(C)CCCN(C)C)CCNC1. The Morgan fingerprint density at radius 2 is 1.94 bits per heavy atom. The zero-order chi connectivity index (χ0) is 12.7. The number of nitrogens with zero attached hydrogens (tertiary/aromatic N) is 2. The molecule has 1 unspecified atom stereocenters. The molecule has 0 bridgehead atoms. The Hall–Kier alpha value is -0.120. The Bertz CT molecular complexity index is 198. The van der Waals surface area contributed by atoms with Crippen molar-refractivity contribution in [1.82, 2.24) is 15.1 Å². The molecule has 0 amide bonds. The highest BCUT2D eigenvalue weighted by molar-refractivity contribution is 4.89. The summed E-state index contributed by atoms with van der Waals surface area (Å²) in [7, 11) is 6.59. The highest BCUT2D eigenvalue weighted by Crippen LogP contribution is 2.31. The molecule has 3 nitrogen and oxygen atoms in total. The van der Waals surface area contributed by atoms with Gasteiger partial charge in [-0.3, -0.25) is 0 Å². The van der Waals surface area contributed by atoms with E-state index in [4.69, 9.17) is 0 Å². The van der Waals surface area contributed by atoms with Gasteiger partial charge < -0.3 is 15.1 Å². The fraction of sp³-hybridized carbons (Fsp3) is 1.00. The minimum Gasteiger partial charge on any atom is -0.316 e. The molecular weight excluding hydrogens is 210 g/mol. The monoisotopic (exact) mass is 241 g/mol. The molecule has 0 saturated carbocycles. The third kappa shape index (κ3) is 5.36. The minimum absolute atomic E-state index is 0.557. The van der Waals surface area contributed by atoms with Crippen molar-refractivity contribution in [2.75, 3.05) is 53.9 Å². The minimum atomic E-state index is 0.557. The van der Waals surface area contributed by atoms with Gasteiger partial charge in [-0.15, -0.1) is 0 Å². The summed E-state index contributed by atoms with van der Waals surface area (Å²) < 4.78 is 0. The van der Waals surface area contributed by atoms with Crippen molar-refractivity contribution in [3.05, 3.63) is 0 Å². The first-order valence-electron chi connectivity index (χ1n) is 7.12. The first-order valence-corrected chi connectivity index (χ1v) is 7.12. The van der Waals surface area contributed by atoms with Crippen LogP contribution in [0.1, 0.15) is 32.6 Å². The van der Waals surface area contributed by atoms with Crippen LogP contribution in [0.2, 0.25) is 0 Å². The van der Waals surface area contributed by atoms with Crippen LogP contribution in [0.25, 0.3) is 0 Å². The van der Waals surface area contributed by atoms with Crippen molar-refractivity contribution in [2.24, 2.45) is 5.41 Å². The summed E-state index contributed by atoms with van der Waals surface area (Å²) in [6, 6.07) is 0. The van der Waals surface area contributed by atoms with Gasteiger partial charge in [-0.1, -0.05) is 13.3 Å². The second-order valence-corrected chi connectivity index (χ2v) is 6.07. The summed E-state index contributed by atoms with van der Waals surface area (Å²) in [5, 5.41) is 3.54. The fourth-order valence-electron chi connectivity index (χ4n) is 3.06. The summed E-state index contributed by atoms with van der Waals surface area (Å²) in [5.74, 6) is 0. The first-order chi connectivity index (χ1) is 8.08. The molecule has 1 saturated heterocycles. The molecule has 1 atom stereocenters. The molecule has 0 spiro atoms. The smallest absolute Gasteiger partial charge is 0.00476 e. The second kappa shape index (κ2) is 7.34. The van der Waals surface area contributed by atoms with Crippen LogP contribution < -0.4 is 5.32 Å². The van der Waals surface area contributed by atoms with Gasteiger partial charge >= 0.3 is 0 Å². The summed E-state index contributed by atoms with van der Waals surface area (Å²) in [5.41, 5.74) is 0.557. The van der Waals surface area contributed by atoms with Crippen LogP contribution in [0.4, 0.5) is 0 Å². The van der Waals surface area contributed by atoms with Gasteiger partial charge in [-0.2, -0.15) is 0 Å². The standard InChI is InChI=1S/C14H31N3/c1-5-7-14(8-9-15-12-14)13-17(4)11-6-10-16(2)3/h15H,5-13H2,1-4H3. The first kappa shape index (κ1) is 14.9. The molecule has 0 aromatic carbocycles. The van der Waals surface area contributed by atoms with Gasteiger partial charge in [0.2, 0.25) is 0 Å². The van der Waals surface area contributed by atoms with Crippen LogP contribution in [0.5, 0.6) is 0 Å². The van der Waals surface area contributed by atoms with E-state index in [9.17, 15) is 0 Å². The lowest BCUT2D eigenvalue weighted by atomic mass is 9.82. The molecule has 0 aliphatic carbocycles. The maximum Gasteiger partial charge on any atom is 0.00476 e.